The van der Waals surface area contributed by atoms with Crippen LogP contribution in [0.3, 0.4) is 0 Å². The van der Waals surface area contributed by atoms with Gasteiger partial charge in [-0.15, -0.1) is 0 Å². The van der Waals surface area contributed by atoms with Crippen LogP contribution in [0.25, 0.3) is 10.4 Å². The average Bonchev–Trinajstić information content (AvgIpc) is 2.09. The zero-order chi connectivity index (χ0) is 12.1. The first kappa shape index (κ1) is 14.4. The fourth-order valence-electron chi connectivity index (χ4n) is 0.726. The quantitative estimate of drug-likeness (QED) is 0.341. The van der Waals surface area contributed by atoms with E-state index < -0.39 is 8.32 Å². The third kappa shape index (κ3) is 5.18. The first-order chi connectivity index (χ1) is 6.70. The molecule has 0 aliphatic rings. The predicted molar refractivity (Wildman–Crippen MR) is 65.1 cm³/mol. The SMILES string of the molecule is CC(C)(C)[Si](C)(C)OC[C@H](N)CN=[N+]=[N-]. The van der Waals surface area contributed by atoms with E-state index in [9.17, 15) is 0 Å². The molecule has 0 spiro atoms. The summed E-state index contributed by atoms with van der Waals surface area (Å²) in [6.45, 7) is 11.6. The summed E-state index contributed by atoms with van der Waals surface area (Å²) < 4.78 is 5.88. The highest BCUT2D eigenvalue weighted by Gasteiger charge is 2.37. The van der Waals surface area contributed by atoms with Crippen molar-refractivity contribution < 1.29 is 4.43 Å². The molecule has 0 saturated carbocycles. The molecule has 0 fully saturated rings. The number of rotatable bonds is 5. The fraction of sp³-hybridized carbons (Fsp3) is 1.00. The molecular formula is C9H22N4OSi. The van der Waals surface area contributed by atoms with Gasteiger partial charge < -0.3 is 10.2 Å². The molecule has 0 aliphatic carbocycles. The van der Waals surface area contributed by atoms with Gasteiger partial charge in [-0.2, -0.15) is 0 Å². The van der Waals surface area contributed by atoms with Crippen LogP contribution in [0.5, 0.6) is 0 Å². The van der Waals surface area contributed by atoms with E-state index in [0.29, 0.717) is 13.2 Å². The van der Waals surface area contributed by atoms with Gasteiger partial charge in [-0.3, -0.25) is 0 Å². The van der Waals surface area contributed by atoms with Crippen molar-refractivity contribution in [3.8, 4) is 0 Å². The van der Waals surface area contributed by atoms with Crippen LogP contribution in [-0.4, -0.2) is 27.5 Å². The van der Waals surface area contributed by atoms with E-state index in [2.05, 4.69) is 43.9 Å². The van der Waals surface area contributed by atoms with Crippen molar-refractivity contribution >= 4 is 8.32 Å². The smallest absolute Gasteiger partial charge is 0.192 e. The van der Waals surface area contributed by atoms with Crippen LogP contribution in [0.15, 0.2) is 5.11 Å². The molecule has 0 amide bonds. The van der Waals surface area contributed by atoms with Crippen LogP contribution in [0.2, 0.25) is 18.1 Å². The molecule has 0 bridgehead atoms. The minimum atomic E-state index is -1.72. The van der Waals surface area contributed by atoms with Crippen LogP contribution in [0.4, 0.5) is 0 Å². The Labute approximate surface area is 92.8 Å². The molecule has 0 unspecified atom stereocenters. The maximum absolute atomic E-state index is 8.14. The highest BCUT2D eigenvalue weighted by atomic mass is 28.4. The average molecular weight is 230 g/mol. The van der Waals surface area contributed by atoms with E-state index in [1.807, 2.05) is 0 Å². The summed E-state index contributed by atoms with van der Waals surface area (Å²) in [6, 6.07) is -0.199. The molecule has 15 heavy (non-hydrogen) atoms. The molecule has 0 aromatic carbocycles. The lowest BCUT2D eigenvalue weighted by molar-refractivity contribution is 0.265. The molecule has 1 atom stereocenters. The third-order valence-electron chi connectivity index (χ3n) is 2.84. The monoisotopic (exact) mass is 230 g/mol. The summed E-state index contributed by atoms with van der Waals surface area (Å²) in [4.78, 5) is 2.67. The van der Waals surface area contributed by atoms with Crippen LogP contribution in [0.1, 0.15) is 20.8 Å². The van der Waals surface area contributed by atoms with E-state index >= 15 is 0 Å². The normalized spacial score (nSPS) is 14.5. The van der Waals surface area contributed by atoms with Gasteiger partial charge >= 0.3 is 0 Å². The number of nitrogens with two attached hydrogens (primary N) is 1. The Morgan fingerprint density at radius 2 is 2.00 bits per heavy atom. The molecule has 0 aromatic rings. The van der Waals surface area contributed by atoms with Gasteiger partial charge in [-0.05, 0) is 23.7 Å². The van der Waals surface area contributed by atoms with Gasteiger partial charge in [-0.1, -0.05) is 25.9 Å². The summed E-state index contributed by atoms with van der Waals surface area (Å²) in [6.07, 6.45) is 0. The van der Waals surface area contributed by atoms with Gasteiger partial charge in [0.2, 0.25) is 0 Å². The molecule has 0 saturated heterocycles. The first-order valence-corrected chi connectivity index (χ1v) is 8.02. The van der Waals surface area contributed by atoms with Gasteiger partial charge in [0.15, 0.2) is 8.32 Å². The highest BCUT2D eigenvalue weighted by Crippen LogP contribution is 2.36. The van der Waals surface area contributed by atoms with Gasteiger partial charge in [0.25, 0.3) is 0 Å². The Hall–Kier alpha value is -0.553. The molecule has 6 heteroatoms. The van der Waals surface area contributed by atoms with Crippen LogP contribution < -0.4 is 5.73 Å². The van der Waals surface area contributed by atoms with E-state index in [0.717, 1.165) is 0 Å². The largest absolute Gasteiger partial charge is 0.415 e. The molecule has 0 aliphatic heterocycles. The lowest BCUT2D eigenvalue weighted by atomic mass is 10.2. The molecular weight excluding hydrogens is 208 g/mol. The van der Waals surface area contributed by atoms with Gasteiger partial charge in [0.05, 0.1) is 0 Å². The number of nitrogens with zero attached hydrogens (tertiary/aromatic N) is 3. The second-order valence-electron chi connectivity index (χ2n) is 5.24. The number of azide groups is 1. The minimum Gasteiger partial charge on any atom is -0.415 e. The molecule has 0 radical (unpaired) electrons. The van der Waals surface area contributed by atoms with Crippen molar-refractivity contribution in [1.29, 1.82) is 0 Å². The summed E-state index contributed by atoms with van der Waals surface area (Å²) in [5, 5.41) is 3.61. The summed E-state index contributed by atoms with van der Waals surface area (Å²) in [5.74, 6) is 0. The van der Waals surface area contributed by atoms with Crippen molar-refractivity contribution in [2.45, 2.75) is 44.9 Å². The second kappa shape index (κ2) is 5.51. The molecule has 5 nitrogen and oxygen atoms in total. The minimum absolute atomic E-state index is 0.186. The Kier molecular flexibility index (Phi) is 5.31. The van der Waals surface area contributed by atoms with E-state index in [1.54, 1.807) is 0 Å². The van der Waals surface area contributed by atoms with Gasteiger partial charge in [0.1, 0.15) is 0 Å². The Morgan fingerprint density at radius 3 is 2.40 bits per heavy atom. The molecule has 0 heterocycles. The second-order valence-corrected chi connectivity index (χ2v) is 10.1. The van der Waals surface area contributed by atoms with Gasteiger partial charge in [-0.25, -0.2) is 0 Å². The van der Waals surface area contributed by atoms with Crippen molar-refractivity contribution in [3.63, 3.8) is 0 Å². The zero-order valence-electron chi connectivity index (χ0n) is 10.3. The Balaban J connectivity index is 4.09. The van der Waals surface area contributed by atoms with E-state index in [-0.39, 0.29) is 11.1 Å². The Bertz CT molecular complexity index is 243. The number of hydrogen-bond acceptors (Lipinski definition) is 3. The van der Waals surface area contributed by atoms with Crippen LogP contribution >= 0.6 is 0 Å². The maximum Gasteiger partial charge on any atom is 0.192 e. The standard InChI is InChI=1S/C9H22N4OSi/c1-9(2,3)15(4,5)14-7-8(10)6-12-13-11/h8H,6-7,10H2,1-5H3/t8-/m1/s1. The topological polar surface area (TPSA) is 84.0 Å². The molecule has 88 valence electrons. The maximum atomic E-state index is 8.14. The van der Waals surface area contributed by atoms with E-state index in [4.69, 9.17) is 15.7 Å². The summed E-state index contributed by atoms with van der Waals surface area (Å²) >= 11 is 0. The van der Waals surface area contributed by atoms with E-state index in [1.165, 1.54) is 0 Å². The van der Waals surface area contributed by atoms with Crippen LogP contribution in [0, 0.1) is 0 Å². The molecule has 0 rings (SSSR count). The van der Waals surface area contributed by atoms with Gasteiger partial charge in [0, 0.05) is 24.1 Å². The first-order valence-electron chi connectivity index (χ1n) is 5.11. The lowest BCUT2D eigenvalue weighted by Gasteiger charge is -2.36. The molecule has 2 N–H and O–H groups in total. The van der Waals surface area contributed by atoms with Crippen molar-refractivity contribution in [2.24, 2.45) is 10.8 Å². The van der Waals surface area contributed by atoms with Crippen molar-refractivity contribution in [3.05, 3.63) is 10.4 Å². The number of hydrogen-bond donors (Lipinski definition) is 1. The predicted octanol–water partition coefficient (Wildman–Crippen LogP) is 2.65. The third-order valence-corrected chi connectivity index (χ3v) is 7.34. The fourth-order valence-corrected chi connectivity index (χ4v) is 1.79. The Morgan fingerprint density at radius 1 is 1.47 bits per heavy atom. The summed E-state index contributed by atoms with van der Waals surface area (Å²) in [7, 11) is -1.72. The summed E-state index contributed by atoms with van der Waals surface area (Å²) in [5.41, 5.74) is 13.9. The highest BCUT2D eigenvalue weighted by molar-refractivity contribution is 6.74. The zero-order valence-corrected chi connectivity index (χ0v) is 11.3. The molecule has 0 aromatic heterocycles. The van der Waals surface area contributed by atoms with Crippen molar-refractivity contribution in [2.75, 3.05) is 13.2 Å². The van der Waals surface area contributed by atoms with Crippen molar-refractivity contribution in [1.82, 2.24) is 0 Å². The lowest BCUT2D eigenvalue weighted by Crippen LogP contribution is -2.44. The van der Waals surface area contributed by atoms with Crippen LogP contribution in [-0.2, 0) is 4.43 Å².